The van der Waals surface area contributed by atoms with Gasteiger partial charge in [0.1, 0.15) is 0 Å². The van der Waals surface area contributed by atoms with Crippen LogP contribution in [0, 0.1) is 0 Å². The zero-order valence-electron chi connectivity index (χ0n) is 11.0. The lowest BCUT2D eigenvalue weighted by Crippen LogP contribution is -2.31. The standard InChI is InChI=1S/C17H18N2/c1-2-6-15-13(4-1)10-14(15)11-19-16-8-7-12-5-3-9-18-17(12)16/h1-6,9,14,16,19H,7-8,10-11H2. The van der Waals surface area contributed by atoms with Crippen molar-refractivity contribution in [3.63, 3.8) is 0 Å². The highest BCUT2D eigenvalue weighted by Crippen LogP contribution is 2.35. The molecule has 2 aromatic rings. The fraction of sp³-hybridized carbons (Fsp3) is 0.353. The van der Waals surface area contributed by atoms with Gasteiger partial charge in [0, 0.05) is 18.7 Å². The molecule has 1 heterocycles. The lowest BCUT2D eigenvalue weighted by molar-refractivity contribution is 0.462. The third-order valence-corrected chi connectivity index (χ3v) is 4.53. The molecule has 2 heteroatoms. The van der Waals surface area contributed by atoms with Crippen LogP contribution in [0.15, 0.2) is 42.6 Å². The highest BCUT2D eigenvalue weighted by atomic mass is 15.0. The van der Waals surface area contributed by atoms with Gasteiger partial charge in [0.15, 0.2) is 0 Å². The Morgan fingerprint density at radius 2 is 2.00 bits per heavy atom. The average Bonchev–Trinajstić information content (AvgIpc) is 2.83. The molecule has 19 heavy (non-hydrogen) atoms. The first kappa shape index (κ1) is 11.2. The smallest absolute Gasteiger partial charge is 0.0605 e. The van der Waals surface area contributed by atoms with E-state index in [9.17, 15) is 0 Å². The summed E-state index contributed by atoms with van der Waals surface area (Å²) in [7, 11) is 0. The Kier molecular flexibility index (Phi) is 2.63. The van der Waals surface area contributed by atoms with E-state index >= 15 is 0 Å². The van der Waals surface area contributed by atoms with Gasteiger partial charge in [-0.25, -0.2) is 0 Å². The van der Waals surface area contributed by atoms with Crippen molar-refractivity contribution in [2.45, 2.75) is 31.2 Å². The summed E-state index contributed by atoms with van der Waals surface area (Å²) in [4.78, 5) is 4.54. The molecule has 0 amide bonds. The van der Waals surface area contributed by atoms with E-state index < -0.39 is 0 Å². The molecule has 0 spiro atoms. The van der Waals surface area contributed by atoms with Crippen molar-refractivity contribution in [3.8, 4) is 0 Å². The van der Waals surface area contributed by atoms with E-state index in [2.05, 4.69) is 40.6 Å². The van der Waals surface area contributed by atoms with Crippen LogP contribution in [-0.2, 0) is 12.8 Å². The third-order valence-electron chi connectivity index (χ3n) is 4.53. The van der Waals surface area contributed by atoms with E-state index in [1.165, 1.54) is 41.6 Å². The molecule has 96 valence electrons. The molecule has 1 aromatic heterocycles. The van der Waals surface area contributed by atoms with Crippen LogP contribution in [0.2, 0.25) is 0 Å². The molecule has 0 fully saturated rings. The second kappa shape index (κ2) is 4.46. The number of hydrogen-bond donors (Lipinski definition) is 1. The Balaban J connectivity index is 1.43. The Morgan fingerprint density at radius 3 is 2.95 bits per heavy atom. The van der Waals surface area contributed by atoms with Crippen molar-refractivity contribution < 1.29 is 0 Å². The molecule has 0 saturated carbocycles. The molecule has 0 radical (unpaired) electrons. The van der Waals surface area contributed by atoms with Gasteiger partial charge in [-0.2, -0.15) is 0 Å². The molecular weight excluding hydrogens is 232 g/mol. The van der Waals surface area contributed by atoms with E-state index in [-0.39, 0.29) is 0 Å². The van der Waals surface area contributed by atoms with Crippen LogP contribution in [0.3, 0.4) is 0 Å². The molecule has 0 bridgehead atoms. The van der Waals surface area contributed by atoms with Crippen molar-refractivity contribution >= 4 is 0 Å². The summed E-state index contributed by atoms with van der Waals surface area (Å²) < 4.78 is 0. The van der Waals surface area contributed by atoms with Gasteiger partial charge in [-0.15, -0.1) is 0 Å². The summed E-state index contributed by atoms with van der Waals surface area (Å²) in [6.07, 6.45) is 5.51. The zero-order chi connectivity index (χ0) is 12.7. The van der Waals surface area contributed by atoms with E-state index in [0.29, 0.717) is 12.0 Å². The predicted molar refractivity (Wildman–Crippen MR) is 76.2 cm³/mol. The van der Waals surface area contributed by atoms with Crippen molar-refractivity contribution in [1.82, 2.24) is 10.3 Å². The highest BCUT2D eigenvalue weighted by Gasteiger charge is 2.28. The van der Waals surface area contributed by atoms with Gasteiger partial charge < -0.3 is 5.32 Å². The first-order valence-corrected chi connectivity index (χ1v) is 7.17. The fourth-order valence-electron chi connectivity index (χ4n) is 3.44. The summed E-state index contributed by atoms with van der Waals surface area (Å²) in [6.45, 7) is 1.08. The number of nitrogens with zero attached hydrogens (tertiary/aromatic N) is 1. The van der Waals surface area contributed by atoms with Crippen molar-refractivity contribution in [2.75, 3.05) is 6.54 Å². The summed E-state index contributed by atoms with van der Waals surface area (Å²) in [5.74, 6) is 0.698. The molecule has 2 nitrogen and oxygen atoms in total. The first-order chi connectivity index (χ1) is 9.42. The van der Waals surface area contributed by atoms with Crippen LogP contribution in [-0.4, -0.2) is 11.5 Å². The maximum atomic E-state index is 4.54. The number of nitrogens with one attached hydrogen (secondary N) is 1. The molecule has 2 atom stereocenters. The van der Waals surface area contributed by atoms with Gasteiger partial charge in [-0.3, -0.25) is 4.98 Å². The van der Waals surface area contributed by atoms with Crippen molar-refractivity contribution in [3.05, 3.63) is 65.0 Å². The Morgan fingerprint density at radius 1 is 1.11 bits per heavy atom. The second-order valence-corrected chi connectivity index (χ2v) is 5.65. The topological polar surface area (TPSA) is 24.9 Å². The maximum Gasteiger partial charge on any atom is 0.0605 e. The maximum absolute atomic E-state index is 4.54. The SMILES string of the molecule is c1ccc2c(c1)CC2CNC1CCc2cccnc21. The van der Waals surface area contributed by atoms with Crippen LogP contribution < -0.4 is 5.32 Å². The van der Waals surface area contributed by atoms with Crippen LogP contribution in [0.5, 0.6) is 0 Å². The number of hydrogen-bond acceptors (Lipinski definition) is 2. The van der Waals surface area contributed by atoms with Crippen LogP contribution in [0.25, 0.3) is 0 Å². The summed E-state index contributed by atoms with van der Waals surface area (Å²) in [5.41, 5.74) is 5.76. The van der Waals surface area contributed by atoms with Crippen LogP contribution >= 0.6 is 0 Å². The van der Waals surface area contributed by atoms with Crippen LogP contribution in [0.4, 0.5) is 0 Å². The van der Waals surface area contributed by atoms with E-state index in [4.69, 9.17) is 0 Å². The molecule has 2 aliphatic carbocycles. The van der Waals surface area contributed by atoms with E-state index in [1.807, 2.05) is 12.3 Å². The summed E-state index contributed by atoms with van der Waals surface area (Å²) in [5, 5.41) is 3.72. The monoisotopic (exact) mass is 250 g/mol. The quantitative estimate of drug-likeness (QED) is 0.905. The zero-order valence-corrected chi connectivity index (χ0v) is 11.0. The molecular formula is C17H18N2. The number of aryl methyl sites for hydroxylation is 1. The number of pyridine rings is 1. The Labute approximate surface area is 113 Å². The van der Waals surface area contributed by atoms with Gasteiger partial charge >= 0.3 is 0 Å². The minimum absolute atomic E-state index is 0.462. The van der Waals surface area contributed by atoms with Gasteiger partial charge in [0.2, 0.25) is 0 Å². The van der Waals surface area contributed by atoms with E-state index in [0.717, 1.165) is 6.54 Å². The highest BCUT2D eigenvalue weighted by molar-refractivity contribution is 5.40. The number of benzene rings is 1. The van der Waals surface area contributed by atoms with Gasteiger partial charge in [0.05, 0.1) is 11.7 Å². The van der Waals surface area contributed by atoms with Crippen LogP contribution in [0.1, 0.15) is 40.8 Å². The van der Waals surface area contributed by atoms with Crippen molar-refractivity contribution in [1.29, 1.82) is 0 Å². The van der Waals surface area contributed by atoms with Gasteiger partial charge in [0.25, 0.3) is 0 Å². The lowest BCUT2D eigenvalue weighted by Gasteiger charge is -2.31. The number of fused-ring (bicyclic) bond motifs is 2. The average molecular weight is 250 g/mol. The molecule has 0 saturated heterocycles. The van der Waals surface area contributed by atoms with E-state index in [1.54, 1.807) is 0 Å². The fourth-order valence-corrected chi connectivity index (χ4v) is 3.44. The largest absolute Gasteiger partial charge is 0.308 e. The normalized spacial score (nSPS) is 23.6. The second-order valence-electron chi connectivity index (χ2n) is 5.65. The Bertz CT molecular complexity index is 606. The minimum atomic E-state index is 0.462. The summed E-state index contributed by atoms with van der Waals surface area (Å²) in [6, 6.07) is 13.5. The third kappa shape index (κ3) is 1.87. The first-order valence-electron chi connectivity index (χ1n) is 7.17. The van der Waals surface area contributed by atoms with Gasteiger partial charge in [-0.05, 0) is 42.0 Å². The number of rotatable bonds is 3. The molecule has 2 unspecified atom stereocenters. The Hall–Kier alpha value is -1.67. The van der Waals surface area contributed by atoms with Gasteiger partial charge in [-0.1, -0.05) is 30.3 Å². The molecule has 1 aromatic carbocycles. The molecule has 1 N–H and O–H groups in total. The molecule has 2 aliphatic rings. The predicted octanol–water partition coefficient (Wildman–Crippen LogP) is 3.00. The summed E-state index contributed by atoms with van der Waals surface area (Å²) >= 11 is 0. The minimum Gasteiger partial charge on any atom is -0.308 e. The lowest BCUT2D eigenvalue weighted by atomic mass is 9.77. The number of aromatic nitrogens is 1. The molecule has 4 rings (SSSR count). The molecule has 0 aliphatic heterocycles. The van der Waals surface area contributed by atoms with Crippen molar-refractivity contribution in [2.24, 2.45) is 0 Å².